The molecule has 0 saturated heterocycles. The second-order valence-corrected chi connectivity index (χ2v) is 4.93. The van der Waals surface area contributed by atoms with Crippen molar-refractivity contribution in [2.75, 3.05) is 0 Å². The Labute approximate surface area is 127 Å². The third-order valence-corrected chi connectivity index (χ3v) is 3.26. The number of benzene rings is 1. The van der Waals surface area contributed by atoms with E-state index in [1.807, 2.05) is 0 Å². The molecule has 0 spiro atoms. The lowest BCUT2D eigenvalue weighted by Crippen LogP contribution is -2.24. The van der Waals surface area contributed by atoms with Gasteiger partial charge in [0.05, 0.1) is 5.56 Å². The second-order valence-electron chi connectivity index (χ2n) is 4.49. The van der Waals surface area contributed by atoms with E-state index in [1.54, 1.807) is 37.4 Å². The summed E-state index contributed by atoms with van der Waals surface area (Å²) >= 11 is 4.78. The van der Waals surface area contributed by atoms with Gasteiger partial charge in [0, 0.05) is 29.6 Å². The van der Waals surface area contributed by atoms with Gasteiger partial charge in [-0.15, -0.1) is 0 Å². The number of halogens is 1. The smallest absolute Gasteiger partial charge is 0.253 e. The Kier molecular flexibility index (Phi) is 4.59. The molecule has 0 unspecified atom stereocenters. The summed E-state index contributed by atoms with van der Waals surface area (Å²) in [5.41, 5.74) is 7.35. The van der Waals surface area contributed by atoms with Gasteiger partial charge in [0.15, 0.2) is 0 Å². The third-order valence-electron chi connectivity index (χ3n) is 3.03. The van der Waals surface area contributed by atoms with Crippen LogP contribution in [-0.4, -0.2) is 15.9 Å². The minimum absolute atomic E-state index is 0.0800. The summed E-state index contributed by atoms with van der Waals surface area (Å²) in [7, 11) is 0. The summed E-state index contributed by atoms with van der Waals surface area (Å²) in [6.45, 7) is 1.82. The lowest BCUT2D eigenvalue weighted by Gasteiger charge is -2.09. The molecule has 0 atom stereocenters. The van der Waals surface area contributed by atoms with Gasteiger partial charge in [-0.3, -0.25) is 9.78 Å². The predicted molar refractivity (Wildman–Crippen MR) is 82.4 cm³/mol. The first-order valence-corrected chi connectivity index (χ1v) is 6.68. The van der Waals surface area contributed by atoms with E-state index in [-0.39, 0.29) is 17.4 Å². The highest BCUT2D eigenvalue weighted by atomic mass is 32.1. The molecule has 108 valence electrons. The fourth-order valence-electron chi connectivity index (χ4n) is 1.84. The zero-order chi connectivity index (χ0) is 15.4. The number of amides is 1. The minimum atomic E-state index is -0.455. The Morgan fingerprint density at radius 3 is 2.81 bits per heavy atom. The molecule has 1 aromatic carbocycles. The van der Waals surface area contributed by atoms with Crippen LogP contribution in [0.1, 0.15) is 27.2 Å². The van der Waals surface area contributed by atoms with E-state index in [9.17, 15) is 9.18 Å². The predicted octanol–water partition coefficient (Wildman–Crippen LogP) is 2.09. The molecule has 0 saturated carbocycles. The van der Waals surface area contributed by atoms with E-state index >= 15 is 0 Å². The number of hydrogen-bond acceptors (Lipinski definition) is 3. The van der Waals surface area contributed by atoms with Crippen LogP contribution in [0.25, 0.3) is 0 Å². The lowest BCUT2D eigenvalue weighted by molar-refractivity contribution is 0.0949. The number of aryl methyl sites for hydroxylation is 1. The van der Waals surface area contributed by atoms with Gasteiger partial charge in [0.25, 0.3) is 5.91 Å². The molecule has 2 aromatic rings. The van der Waals surface area contributed by atoms with Crippen molar-refractivity contribution in [1.82, 2.24) is 10.3 Å². The summed E-state index contributed by atoms with van der Waals surface area (Å²) in [5.74, 6) is -0.748. The maximum absolute atomic E-state index is 13.9. The normalized spacial score (nSPS) is 10.2. The van der Waals surface area contributed by atoms with Gasteiger partial charge in [-0.2, -0.15) is 0 Å². The zero-order valence-corrected chi connectivity index (χ0v) is 12.2. The Bertz CT molecular complexity index is 703. The van der Waals surface area contributed by atoms with E-state index in [0.29, 0.717) is 22.4 Å². The fourth-order valence-corrected chi connectivity index (χ4v) is 1.97. The molecule has 4 nitrogen and oxygen atoms in total. The summed E-state index contributed by atoms with van der Waals surface area (Å²) in [4.78, 5) is 16.2. The van der Waals surface area contributed by atoms with Gasteiger partial charge >= 0.3 is 0 Å². The number of carbonyl (C=O) groups is 1. The summed E-state index contributed by atoms with van der Waals surface area (Å²) in [5, 5.41) is 2.66. The number of nitrogens with two attached hydrogens (primary N) is 1. The second kappa shape index (κ2) is 6.41. The maximum atomic E-state index is 13.9. The quantitative estimate of drug-likeness (QED) is 0.849. The summed E-state index contributed by atoms with van der Waals surface area (Å²) < 4.78 is 13.9. The van der Waals surface area contributed by atoms with E-state index in [0.717, 1.165) is 0 Å². The van der Waals surface area contributed by atoms with Gasteiger partial charge in [-0.05, 0) is 25.1 Å². The molecule has 21 heavy (non-hydrogen) atoms. The largest absolute Gasteiger partial charge is 0.389 e. The van der Waals surface area contributed by atoms with Crippen molar-refractivity contribution in [3.63, 3.8) is 0 Å². The fraction of sp³-hybridized carbons (Fsp3) is 0.133. The third kappa shape index (κ3) is 3.61. The van der Waals surface area contributed by atoms with Crippen LogP contribution in [0.2, 0.25) is 0 Å². The maximum Gasteiger partial charge on any atom is 0.253 e. The number of hydrogen-bond donors (Lipinski definition) is 2. The van der Waals surface area contributed by atoms with Crippen molar-refractivity contribution in [1.29, 1.82) is 0 Å². The SMILES string of the molecule is Cc1ncccc1C(=O)NCc1ccc(C(N)=S)cc1F. The molecular formula is C15H14FN3OS. The van der Waals surface area contributed by atoms with Gasteiger partial charge in [-0.1, -0.05) is 24.4 Å². The molecule has 2 rings (SSSR count). The van der Waals surface area contributed by atoms with Crippen LogP contribution in [-0.2, 0) is 6.54 Å². The Morgan fingerprint density at radius 2 is 2.19 bits per heavy atom. The molecule has 0 aliphatic rings. The van der Waals surface area contributed by atoms with Gasteiger partial charge in [0.2, 0.25) is 0 Å². The van der Waals surface area contributed by atoms with Gasteiger partial charge in [0.1, 0.15) is 10.8 Å². The van der Waals surface area contributed by atoms with Crippen LogP contribution in [0.4, 0.5) is 4.39 Å². The zero-order valence-electron chi connectivity index (χ0n) is 11.4. The molecule has 6 heteroatoms. The molecule has 0 bridgehead atoms. The molecule has 1 amide bonds. The van der Waals surface area contributed by atoms with Gasteiger partial charge < -0.3 is 11.1 Å². The van der Waals surface area contributed by atoms with Crippen molar-refractivity contribution in [3.05, 3.63) is 64.7 Å². The van der Waals surface area contributed by atoms with Crippen LogP contribution >= 0.6 is 12.2 Å². The number of thiocarbonyl (C=S) groups is 1. The number of nitrogens with zero attached hydrogens (tertiary/aromatic N) is 1. The number of carbonyl (C=O) groups excluding carboxylic acids is 1. The highest BCUT2D eigenvalue weighted by molar-refractivity contribution is 7.80. The first-order chi connectivity index (χ1) is 9.99. The van der Waals surface area contributed by atoms with Crippen LogP contribution in [0.15, 0.2) is 36.5 Å². The topological polar surface area (TPSA) is 68.0 Å². The van der Waals surface area contributed by atoms with E-state index in [4.69, 9.17) is 18.0 Å². The number of aromatic nitrogens is 1. The van der Waals surface area contributed by atoms with Crippen LogP contribution < -0.4 is 11.1 Å². The van der Waals surface area contributed by atoms with Crippen molar-refractivity contribution >= 4 is 23.1 Å². The van der Waals surface area contributed by atoms with E-state index in [1.165, 1.54) is 6.07 Å². The highest BCUT2D eigenvalue weighted by Crippen LogP contribution is 2.11. The summed E-state index contributed by atoms with van der Waals surface area (Å²) in [6, 6.07) is 7.80. The Morgan fingerprint density at radius 1 is 1.43 bits per heavy atom. The first-order valence-electron chi connectivity index (χ1n) is 6.27. The van der Waals surface area contributed by atoms with Crippen LogP contribution in [0.3, 0.4) is 0 Å². The molecule has 1 aromatic heterocycles. The molecule has 0 aliphatic heterocycles. The van der Waals surface area contributed by atoms with Crippen molar-refractivity contribution in [3.8, 4) is 0 Å². The minimum Gasteiger partial charge on any atom is -0.389 e. The molecular weight excluding hydrogens is 289 g/mol. The molecule has 0 radical (unpaired) electrons. The first kappa shape index (κ1) is 15.1. The van der Waals surface area contributed by atoms with Crippen LogP contribution in [0, 0.1) is 12.7 Å². The van der Waals surface area contributed by atoms with Crippen molar-refractivity contribution < 1.29 is 9.18 Å². The molecule has 3 N–H and O–H groups in total. The molecule has 1 heterocycles. The summed E-state index contributed by atoms with van der Waals surface area (Å²) in [6.07, 6.45) is 1.61. The van der Waals surface area contributed by atoms with Crippen molar-refractivity contribution in [2.24, 2.45) is 5.73 Å². The van der Waals surface area contributed by atoms with E-state index in [2.05, 4.69) is 10.3 Å². The number of nitrogens with one attached hydrogen (secondary N) is 1. The standard InChI is InChI=1S/C15H14FN3OS/c1-9-12(3-2-6-18-9)15(20)19-8-11-5-4-10(14(17)21)7-13(11)16/h2-7H,8H2,1H3,(H2,17,21)(H,19,20). The molecule has 0 aliphatic carbocycles. The number of rotatable bonds is 4. The number of pyridine rings is 1. The van der Waals surface area contributed by atoms with Gasteiger partial charge in [-0.25, -0.2) is 4.39 Å². The Hall–Kier alpha value is -2.34. The van der Waals surface area contributed by atoms with E-state index < -0.39 is 5.82 Å². The Balaban J connectivity index is 2.08. The van der Waals surface area contributed by atoms with Crippen molar-refractivity contribution in [2.45, 2.75) is 13.5 Å². The highest BCUT2D eigenvalue weighted by Gasteiger charge is 2.10. The average Bonchev–Trinajstić information content (AvgIpc) is 2.46. The average molecular weight is 303 g/mol. The molecule has 0 fully saturated rings. The lowest BCUT2D eigenvalue weighted by atomic mass is 10.1. The monoisotopic (exact) mass is 303 g/mol. The van der Waals surface area contributed by atoms with Crippen LogP contribution in [0.5, 0.6) is 0 Å².